The summed E-state index contributed by atoms with van der Waals surface area (Å²) in [7, 11) is 0. The molecule has 0 atom stereocenters. The number of benzene rings is 1. The number of phenolic OH excluding ortho intramolecular Hbond substituents is 1. The van der Waals surface area contributed by atoms with Gasteiger partial charge >= 0.3 is 6.30 Å². The van der Waals surface area contributed by atoms with Gasteiger partial charge in [0.2, 0.25) is 0 Å². The van der Waals surface area contributed by atoms with Gasteiger partial charge in [0.15, 0.2) is 0 Å². The first kappa shape index (κ1) is 12.8. The third-order valence-corrected chi connectivity index (χ3v) is 2.28. The van der Waals surface area contributed by atoms with E-state index in [0.717, 1.165) is 0 Å². The largest absolute Gasteiger partial charge is 0.508 e. The van der Waals surface area contributed by atoms with Crippen LogP contribution in [0.15, 0.2) is 24.3 Å². The van der Waals surface area contributed by atoms with Crippen molar-refractivity contribution in [3.8, 4) is 5.75 Å². The van der Waals surface area contributed by atoms with Gasteiger partial charge in [0.05, 0.1) is 0 Å². The fourth-order valence-corrected chi connectivity index (χ4v) is 1.39. The molecule has 0 saturated heterocycles. The highest BCUT2D eigenvalue weighted by Gasteiger charge is 2.39. The van der Waals surface area contributed by atoms with Crippen LogP contribution in [-0.4, -0.2) is 22.3 Å². The first-order valence-corrected chi connectivity index (χ1v) is 4.92. The normalized spacial score (nSPS) is 12.4. The lowest BCUT2D eigenvalue weighted by atomic mass is 10.1. The molecule has 0 amide bonds. The van der Waals surface area contributed by atoms with Crippen molar-refractivity contribution in [1.29, 1.82) is 0 Å². The second-order valence-electron chi connectivity index (χ2n) is 3.82. The van der Waals surface area contributed by atoms with Crippen LogP contribution in [0.4, 0.5) is 13.2 Å². The molecule has 0 bridgehead atoms. The summed E-state index contributed by atoms with van der Waals surface area (Å²) in [6, 6.07) is 5.37. The van der Waals surface area contributed by atoms with E-state index in [2.05, 4.69) is 0 Å². The molecule has 0 radical (unpaired) electrons. The summed E-state index contributed by atoms with van der Waals surface area (Å²) in [5, 5.41) is 9.41. The molecule has 0 aliphatic rings. The van der Waals surface area contributed by atoms with E-state index in [4.69, 9.17) is 0 Å². The van der Waals surface area contributed by atoms with Crippen LogP contribution in [0.1, 0.15) is 19.4 Å². The van der Waals surface area contributed by atoms with E-state index in [0.29, 0.717) is 4.90 Å². The smallest absolute Gasteiger partial charge is 0.460 e. The van der Waals surface area contributed by atoms with E-state index in [1.54, 1.807) is 12.1 Å². The molecule has 90 valence electrons. The lowest BCUT2D eigenvalue weighted by molar-refractivity contribution is -0.259. The zero-order valence-corrected chi connectivity index (χ0v) is 9.12. The van der Waals surface area contributed by atoms with Crippen LogP contribution in [0.2, 0.25) is 0 Å². The van der Waals surface area contributed by atoms with E-state index < -0.39 is 12.3 Å². The molecule has 0 aliphatic heterocycles. The molecule has 1 N–H and O–H groups in total. The molecule has 0 saturated carbocycles. The van der Waals surface area contributed by atoms with Crippen LogP contribution in [-0.2, 0) is 6.54 Å². The number of alkyl halides is 3. The first-order valence-electron chi connectivity index (χ1n) is 4.92. The molecule has 0 fully saturated rings. The molecular weight excluding hydrogens is 219 g/mol. The van der Waals surface area contributed by atoms with Gasteiger partial charge < -0.3 is 5.11 Å². The Labute approximate surface area is 92.3 Å². The van der Waals surface area contributed by atoms with Gasteiger partial charge in [-0.25, -0.2) is 4.90 Å². The molecule has 5 heteroatoms. The standard InChI is InChI=1S/C11H14F3NO/c1-8(2)15(11(12,13)14)7-9-5-3-4-6-10(9)16/h3-6,8,16H,7H2,1-2H3. The van der Waals surface area contributed by atoms with E-state index in [1.807, 2.05) is 0 Å². The summed E-state index contributed by atoms with van der Waals surface area (Å²) in [5.41, 5.74) is 0.272. The van der Waals surface area contributed by atoms with Crippen molar-refractivity contribution in [1.82, 2.24) is 4.90 Å². The number of hydrogen-bond acceptors (Lipinski definition) is 2. The van der Waals surface area contributed by atoms with Gasteiger partial charge in [-0.2, -0.15) is 13.2 Å². The summed E-state index contributed by atoms with van der Waals surface area (Å²) in [4.78, 5) is 0.377. The average molecular weight is 233 g/mol. The minimum absolute atomic E-state index is 0.114. The number of halogens is 3. The van der Waals surface area contributed by atoms with Crippen LogP contribution < -0.4 is 0 Å². The summed E-state index contributed by atoms with van der Waals surface area (Å²) >= 11 is 0. The molecule has 0 heterocycles. The van der Waals surface area contributed by atoms with Crippen molar-refractivity contribution in [3.05, 3.63) is 29.8 Å². The molecule has 0 spiro atoms. The van der Waals surface area contributed by atoms with E-state index >= 15 is 0 Å². The molecule has 0 aromatic heterocycles. The van der Waals surface area contributed by atoms with Crippen molar-refractivity contribution in [3.63, 3.8) is 0 Å². The first-order chi connectivity index (χ1) is 7.32. The second-order valence-corrected chi connectivity index (χ2v) is 3.82. The number of rotatable bonds is 3. The Morgan fingerprint density at radius 3 is 2.25 bits per heavy atom. The molecule has 0 aliphatic carbocycles. The van der Waals surface area contributed by atoms with Crippen molar-refractivity contribution in [2.24, 2.45) is 0 Å². The van der Waals surface area contributed by atoms with Crippen molar-refractivity contribution in [2.75, 3.05) is 0 Å². The minimum atomic E-state index is -4.39. The van der Waals surface area contributed by atoms with Gasteiger partial charge in [-0.15, -0.1) is 0 Å². The topological polar surface area (TPSA) is 23.5 Å². The van der Waals surface area contributed by atoms with E-state index in [9.17, 15) is 18.3 Å². The lowest BCUT2D eigenvalue weighted by Gasteiger charge is -2.28. The summed E-state index contributed by atoms with van der Waals surface area (Å²) in [6.45, 7) is 2.59. The van der Waals surface area contributed by atoms with Crippen molar-refractivity contribution in [2.45, 2.75) is 32.7 Å². The minimum Gasteiger partial charge on any atom is -0.508 e. The van der Waals surface area contributed by atoms with Crippen LogP contribution >= 0.6 is 0 Å². The molecule has 1 aromatic rings. The summed E-state index contributed by atoms with van der Waals surface area (Å²) < 4.78 is 37.9. The molecule has 1 rings (SSSR count). The third-order valence-electron chi connectivity index (χ3n) is 2.28. The highest BCUT2D eigenvalue weighted by molar-refractivity contribution is 5.31. The van der Waals surface area contributed by atoms with Crippen molar-refractivity contribution >= 4 is 0 Å². The van der Waals surface area contributed by atoms with E-state index in [-0.39, 0.29) is 17.9 Å². The number of phenols is 1. The zero-order chi connectivity index (χ0) is 12.3. The fourth-order valence-electron chi connectivity index (χ4n) is 1.39. The van der Waals surface area contributed by atoms with Gasteiger partial charge in [-0.3, -0.25) is 0 Å². The zero-order valence-electron chi connectivity index (χ0n) is 9.12. The summed E-state index contributed by atoms with van der Waals surface area (Å²) in [6.07, 6.45) is -4.39. The quantitative estimate of drug-likeness (QED) is 0.811. The average Bonchev–Trinajstić information content (AvgIpc) is 2.14. The Morgan fingerprint density at radius 2 is 1.81 bits per heavy atom. The summed E-state index contributed by atoms with van der Waals surface area (Å²) in [5.74, 6) is -0.114. The number of nitrogens with zero attached hydrogens (tertiary/aromatic N) is 1. The van der Waals surface area contributed by atoms with Crippen LogP contribution in [0.3, 0.4) is 0 Å². The van der Waals surface area contributed by atoms with Crippen LogP contribution in [0.25, 0.3) is 0 Å². The lowest BCUT2D eigenvalue weighted by Crippen LogP contribution is -2.42. The predicted octanol–water partition coefficient (Wildman–Crippen LogP) is 3.12. The Kier molecular flexibility index (Phi) is 3.80. The molecule has 0 unspecified atom stereocenters. The number of para-hydroxylation sites is 1. The van der Waals surface area contributed by atoms with Gasteiger partial charge in [0.1, 0.15) is 5.75 Å². The van der Waals surface area contributed by atoms with Gasteiger partial charge in [0.25, 0.3) is 0 Å². The Morgan fingerprint density at radius 1 is 1.25 bits per heavy atom. The third kappa shape index (κ3) is 3.13. The molecule has 1 aromatic carbocycles. The van der Waals surface area contributed by atoms with Crippen LogP contribution in [0, 0.1) is 0 Å². The SMILES string of the molecule is CC(C)N(Cc1ccccc1O)C(F)(F)F. The monoisotopic (exact) mass is 233 g/mol. The van der Waals surface area contributed by atoms with Crippen molar-refractivity contribution < 1.29 is 18.3 Å². The predicted molar refractivity (Wildman–Crippen MR) is 54.8 cm³/mol. The maximum Gasteiger partial charge on any atom is 0.460 e. The molecule has 16 heavy (non-hydrogen) atoms. The van der Waals surface area contributed by atoms with Gasteiger partial charge in [0, 0.05) is 18.2 Å². The van der Waals surface area contributed by atoms with Gasteiger partial charge in [-0.05, 0) is 19.9 Å². The van der Waals surface area contributed by atoms with Crippen LogP contribution in [0.5, 0.6) is 5.75 Å². The Balaban J connectivity index is 2.89. The van der Waals surface area contributed by atoms with E-state index in [1.165, 1.54) is 26.0 Å². The molecule has 2 nitrogen and oxygen atoms in total. The maximum absolute atomic E-state index is 12.6. The highest BCUT2D eigenvalue weighted by Crippen LogP contribution is 2.28. The molecular formula is C11H14F3NO. The van der Waals surface area contributed by atoms with Gasteiger partial charge in [-0.1, -0.05) is 18.2 Å². The second kappa shape index (κ2) is 4.74. The Hall–Kier alpha value is -1.23. The fraction of sp³-hybridized carbons (Fsp3) is 0.455. The highest BCUT2D eigenvalue weighted by atomic mass is 19.4. The Bertz CT molecular complexity index is 349. The number of hydrogen-bond donors (Lipinski definition) is 1. The maximum atomic E-state index is 12.6. The number of aromatic hydroxyl groups is 1.